The summed E-state index contributed by atoms with van der Waals surface area (Å²) in [4.78, 5) is 22.7. The lowest BCUT2D eigenvalue weighted by Crippen LogP contribution is -2.24. The molecule has 5 nitrogen and oxygen atoms in total. The van der Waals surface area contributed by atoms with Crippen LogP contribution < -0.4 is 0 Å². The van der Waals surface area contributed by atoms with Crippen LogP contribution in [0.4, 0.5) is 0 Å². The number of hydrogen-bond acceptors (Lipinski definition) is 4. The molecule has 5 atom stereocenters. The molecule has 5 heteroatoms. The summed E-state index contributed by atoms with van der Waals surface area (Å²) in [5.74, 6) is -0.708. The van der Waals surface area contributed by atoms with Gasteiger partial charge in [-0.15, -0.1) is 0 Å². The molecule has 1 aliphatic carbocycles. The Hall–Kier alpha value is -1.20. The minimum Gasteiger partial charge on any atom is -0.481 e. The highest BCUT2D eigenvalue weighted by Gasteiger charge is 2.40. The van der Waals surface area contributed by atoms with Crippen molar-refractivity contribution in [2.75, 3.05) is 0 Å². The Morgan fingerprint density at radius 3 is 2.65 bits per heavy atom. The van der Waals surface area contributed by atoms with Crippen molar-refractivity contribution in [3.8, 4) is 0 Å². The van der Waals surface area contributed by atoms with Gasteiger partial charge in [0.25, 0.3) is 0 Å². The number of carbonyl (C=O) groups is 2. The summed E-state index contributed by atoms with van der Waals surface area (Å²) in [6.45, 7) is 4.20. The van der Waals surface area contributed by atoms with Gasteiger partial charge in [-0.25, -0.2) is 0 Å². The van der Waals surface area contributed by atoms with Gasteiger partial charge in [0, 0.05) is 18.8 Å². The fourth-order valence-electron chi connectivity index (χ4n) is 3.81. The predicted octanol–water partition coefficient (Wildman–Crippen LogP) is 3.72. The van der Waals surface area contributed by atoms with E-state index in [0.717, 1.165) is 19.3 Å². The molecule has 1 rings (SSSR count). The number of hydrogen-bond donors (Lipinski definition) is 3. The van der Waals surface area contributed by atoms with Crippen LogP contribution >= 0.6 is 0 Å². The average Bonchev–Trinajstić information content (AvgIpc) is 2.86. The molecule has 0 heterocycles. The van der Waals surface area contributed by atoms with Crippen LogP contribution in [-0.2, 0) is 9.59 Å². The zero-order valence-electron chi connectivity index (χ0n) is 16.3. The molecule has 0 saturated heterocycles. The number of Topliss-reactive ketones (excluding diaryl/α,β-unsaturated/α-hetero) is 1. The number of aliphatic hydroxyl groups is 2. The maximum absolute atomic E-state index is 12.2. The fourth-order valence-corrected chi connectivity index (χ4v) is 3.81. The molecule has 0 aromatic carbocycles. The number of allylic oxidation sites excluding steroid dienone is 2. The standard InChI is InChI=1S/C21H36O5/c1-3-4-9-15(2)18(22)13-12-17-16(19(23)14-20(17)24)10-7-5-6-8-11-21(25)26/h5,7,15-18,20,22,24H,3-4,6,8-14H2,1-2H3,(H,25,26)/t15-,16-,17-,18-,20-/m1/s1. The monoisotopic (exact) mass is 368 g/mol. The number of aliphatic hydroxyl groups excluding tert-OH is 2. The molecule has 1 aliphatic rings. The Morgan fingerprint density at radius 2 is 2.00 bits per heavy atom. The van der Waals surface area contributed by atoms with E-state index in [1.165, 1.54) is 0 Å². The van der Waals surface area contributed by atoms with Crippen molar-refractivity contribution in [3.05, 3.63) is 12.2 Å². The predicted molar refractivity (Wildman–Crippen MR) is 102 cm³/mol. The summed E-state index contributed by atoms with van der Waals surface area (Å²) in [5, 5.41) is 29.2. The molecule has 0 unspecified atom stereocenters. The molecule has 1 saturated carbocycles. The molecular weight excluding hydrogens is 332 g/mol. The first-order chi connectivity index (χ1) is 12.4. The summed E-state index contributed by atoms with van der Waals surface area (Å²) in [5.41, 5.74) is 0. The SMILES string of the molecule is CCCC[C@@H](C)[C@H](O)CC[C@H]1[C@H](O)CC(=O)[C@@H]1CC=CCCCC(=O)O. The molecule has 0 radical (unpaired) electrons. The molecule has 150 valence electrons. The van der Waals surface area contributed by atoms with Gasteiger partial charge in [-0.3, -0.25) is 9.59 Å². The van der Waals surface area contributed by atoms with Gasteiger partial charge < -0.3 is 15.3 Å². The molecular formula is C21H36O5. The van der Waals surface area contributed by atoms with Crippen LogP contribution in [-0.4, -0.2) is 39.3 Å². The Kier molecular flexibility index (Phi) is 10.7. The quantitative estimate of drug-likeness (QED) is 0.340. The lowest BCUT2D eigenvalue weighted by Gasteiger charge is -2.24. The molecule has 3 N–H and O–H groups in total. The number of carboxylic acid groups (broad SMARTS) is 1. The molecule has 26 heavy (non-hydrogen) atoms. The van der Waals surface area contributed by atoms with Crippen LogP contribution in [0.1, 0.15) is 78.1 Å². The Labute approximate surface area is 157 Å². The maximum atomic E-state index is 12.2. The number of carboxylic acids is 1. The summed E-state index contributed by atoms with van der Waals surface area (Å²) in [6, 6.07) is 0. The van der Waals surface area contributed by atoms with Gasteiger partial charge in [0.05, 0.1) is 12.2 Å². The lowest BCUT2D eigenvalue weighted by atomic mass is 9.84. The molecule has 0 bridgehead atoms. The highest BCUT2D eigenvalue weighted by atomic mass is 16.4. The van der Waals surface area contributed by atoms with Crippen molar-refractivity contribution < 1.29 is 24.9 Å². The van der Waals surface area contributed by atoms with Crippen LogP contribution in [0.15, 0.2) is 12.2 Å². The van der Waals surface area contributed by atoms with E-state index in [4.69, 9.17) is 5.11 Å². The molecule has 0 aromatic rings. The summed E-state index contributed by atoms with van der Waals surface area (Å²) in [6.07, 6.45) is 9.66. The van der Waals surface area contributed by atoms with E-state index in [0.29, 0.717) is 32.1 Å². The van der Waals surface area contributed by atoms with E-state index >= 15 is 0 Å². The smallest absolute Gasteiger partial charge is 0.303 e. The summed E-state index contributed by atoms with van der Waals surface area (Å²) < 4.78 is 0. The first-order valence-electron chi connectivity index (χ1n) is 10.1. The first-order valence-corrected chi connectivity index (χ1v) is 10.1. The molecule has 0 amide bonds. The number of unbranched alkanes of at least 4 members (excludes halogenated alkanes) is 2. The molecule has 1 fully saturated rings. The number of rotatable bonds is 13. The van der Waals surface area contributed by atoms with Crippen LogP contribution in [0.3, 0.4) is 0 Å². The topological polar surface area (TPSA) is 94.8 Å². The van der Waals surface area contributed by atoms with Crippen molar-refractivity contribution in [1.82, 2.24) is 0 Å². The highest BCUT2D eigenvalue weighted by molar-refractivity contribution is 5.84. The second kappa shape index (κ2) is 12.2. The first kappa shape index (κ1) is 22.8. The van der Waals surface area contributed by atoms with Crippen LogP contribution in [0.25, 0.3) is 0 Å². The molecule has 0 aromatic heterocycles. The fraction of sp³-hybridized carbons (Fsp3) is 0.810. The highest BCUT2D eigenvalue weighted by Crippen LogP contribution is 2.36. The summed E-state index contributed by atoms with van der Waals surface area (Å²) in [7, 11) is 0. The van der Waals surface area contributed by atoms with Gasteiger partial charge in [0.1, 0.15) is 5.78 Å². The number of carbonyl (C=O) groups excluding carboxylic acids is 1. The number of aliphatic carboxylic acids is 1. The van der Waals surface area contributed by atoms with E-state index in [9.17, 15) is 19.8 Å². The van der Waals surface area contributed by atoms with E-state index < -0.39 is 12.1 Å². The zero-order valence-corrected chi connectivity index (χ0v) is 16.3. The van der Waals surface area contributed by atoms with Crippen molar-refractivity contribution in [1.29, 1.82) is 0 Å². The lowest BCUT2D eigenvalue weighted by molar-refractivity contribution is -0.137. The van der Waals surface area contributed by atoms with Gasteiger partial charge in [-0.1, -0.05) is 38.8 Å². The third-order valence-electron chi connectivity index (χ3n) is 5.62. The number of ketones is 1. The Morgan fingerprint density at radius 1 is 1.27 bits per heavy atom. The largest absolute Gasteiger partial charge is 0.481 e. The van der Waals surface area contributed by atoms with E-state index in [2.05, 4.69) is 13.8 Å². The van der Waals surface area contributed by atoms with Crippen molar-refractivity contribution in [2.24, 2.45) is 17.8 Å². The van der Waals surface area contributed by atoms with Crippen LogP contribution in [0.2, 0.25) is 0 Å². The second-order valence-electron chi connectivity index (χ2n) is 7.77. The van der Waals surface area contributed by atoms with E-state index in [1.54, 1.807) is 0 Å². The Bertz CT molecular complexity index is 459. The van der Waals surface area contributed by atoms with Gasteiger partial charge in [-0.2, -0.15) is 0 Å². The van der Waals surface area contributed by atoms with Crippen molar-refractivity contribution in [2.45, 2.75) is 90.3 Å². The normalized spacial score (nSPS) is 25.7. The third kappa shape index (κ3) is 8.00. The van der Waals surface area contributed by atoms with Crippen molar-refractivity contribution in [3.63, 3.8) is 0 Å². The summed E-state index contributed by atoms with van der Waals surface area (Å²) >= 11 is 0. The van der Waals surface area contributed by atoms with Gasteiger partial charge in [0.2, 0.25) is 0 Å². The van der Waals surface area contributed by atoms with E-state index in [1.807, 2.05) is 12.2 Å². The van der Waals surface area contributed by atoms with Crippen LogP contribution in [0, 0.1) is 17.8 Å². The minimum atomic E-state index is -0.792. The molecule has 0 spiro atoms. The zero-order chi connectivity index (χ0) is 19.5. The van der Waals surface area contributed by atoms with Gasteiger partial charge >= 0.3 is 5.97 Å². The third-order valence-corrected chi connectivity index (χ3v) is 5.62. The van der Waals surface area contributed by atoms with Gasteiger partial charge in [-0.05, 0) is 50.4 Å². The molecule has 0 aliphatic heterocycles. The van der Waals surface area contributed by atoms with Gasteiger partial charge in [0.15, 0.2) is 0 Å². The average molecular weight is 369 g/mol. The Balaban J connectivity index is 2.44. The van der Waals surface area contributed by atoms with E-state index in [-0.39, 0.29) is 42.5 Å². The minimum absolute atomic E-state index is 0.0841. The van der Waals surface area contributed by atoms with Crippen LogP contribution in [0.5, 0.6) is 0 Å². The maximum Gasteiger partial charge on any atom is 0.303 e. The van der Waals surface area contributed by atoms with Crippen molar-refractivity contribution >= 4 is 11.8 Å². The second-order valence-corrected chi connectivity index (χ2v) is 7.77.